The Labute approximate surface area is 142 Å². The lowest BCUT2D eigenvalue weighted by molar-refractivity contribution is -0.130. The molecule has 3 rings (SSSR count). The number of hydrogen-bond acceptors (Lipinski definition) is 3. The van der Waals surface area contributed by atoms with Gasteiger partial charge in [-0.3, -0.25) is 4.79 Å². The molecular formula is C19H24N4O. The molecule has 0 saturated carbocycles. The number of rotatable bonds is 5. The number of hydrogen-bond donors (Lipinski definition) is 1. The molecular weight excluding hydrogens is 300 g/mol. The Kier molecular flexibility index (Phi) is 4.86. The Morgan fingerprint density at radius 2 is 2.29 bits per heavy atom. The number of carbonyl (C=O) groups excluding carboxylic acids is 1. The van der Waals surface area contributed by atoms with Crippen LogP contribution in [-0.2, 0) is 11.3 Å². The van der Waals surface area contributed by atoms with E-state index in [9.17, 15) is 4.79 Å². The molecule has 126 valence electrons. The molecule has 1 aliphatic heterocycles. The number of carbonyl (C=O) groups is 1. The topological polar surface area (TPSA) is 61.1 Å². The first-order valence-electron chi connectivity index (χ1n) is 8.57. The number of benzene rings is 1. The van der Waals surface area contributed by atoms with Crippen molar-refractivity contribution in [1.29, 1.82) is 5.26 Å². The molecule has 0 radical (unpaired) electrons. The van der Waals surface area contributed by atoms with Crippen molar-refractivity contribution in [1.82, 2.24) is 14.8 Å². The molecule has 5 heteroatoms. The van der Waals surface area contributed by atoms with Crippen molar-refractivity contribution in [2.24, 2.45) is 0 Å². The zero-order valence-electron chi connectivity index (χ0n) is 14.3. The van der Waals surface area contributed by atoms with Crippen molar-refractivity contribution in [3.63, 3.8) is 0 Å². The molecule has 24 heavy (non-hydrogen) atoms. The summed E-state index contributed by atoms with van der Waals surface area (Å²) < 4.78 is 2.24. The highest BCUT2D eigenvalue weighted by atomic mass is 16.2. The van der Waals surface area contributed by atoms with E-state index in [0.29, 0.717) is 6.54 Å². The van der Waals surface area contributed by atoms with E-state index in [1.807, 2.05) is 0 Å². The van der Waals surface area contributed by atoms with E-state index in [4.69, 9.17) is 5.26 Å². The Morgan fingerprint density at radius 3 is 3.08 bits per heavy atom. The van der Waals surface area contributed by atoms with Gasteiger partial charge in [0.15, 0.2) is 0 Å². The largest absolute Gasteiger partial charge is 0.346 e. The van der Waals surface area contributed by atoms with Crippen LogP contribution in [0.3, 0.4) is 0 Å². The third kappa shape index (κ3) is 3.29. The van der Waals surface area contributed by atoms with E-state index >= 15 is 0 Å². The van der Waals surface area contributed by atoms with Crippen LogP contribution in [0.4, 0.5) is 0 Å². The van der Waals surface area contributed by atoms with Crippen LogP contribution < -0.4 is 5.32 Å². The van der Waals surface area contributed by atoms with Gasteiger partial charge in [-0.1, -0.05) is 18.2 Å². The number of aromatic nitrogens is 1. The van der Waals surface area contributed by atoms with Gasteiger partial charge in [0.05, 0.1) is 18.1 Å². The normalized spacial score (nSPS) is 18.7. The standard InChI is InChI=1S/C19H24N4O/c1-14-5-3-6-16-8-10-22(19(14)16)13-15(2)21-12-18(24)23-9-4-7-17(23)11-20/h3,5-6,8,10,15,17,21H,4,7,9,12-13H2,1-2H3/t15-,17-/m0/s1. The quantitative estimate of drug-likeness (QED) is 0.919. The molecule has 2 aromatic rings. The molecule has 0 spiro atoms. The molecule has 2 atom stereocenters. The number of nitriles is 1. The number of fused-ring (bicyclic) bond motifs is 1. The third-order valence-corrected chi connectivity index (χ3v) is 4.78. The lowest BCUT2D eigenvalue weighted by Crippen LogP contribution is -2.43. The molecule has 2 heterocycles. The monoisotopic (exact) mass is 324 g/mol. The molecule has 5 nitrogen and oxygen atoms in total. The molecule has 1 amide bonds. The van der Waals surface area contributed by atoms with Crippen LogP contribution in [0, 0.1) is 18.3 Å². The van der Waals surface area contributed by atoms with E-state index in [0.717, 1.165) is 19.4 Å². The van der Waals surface area contributed by atoms with Gasteiger partial charge in [-0.05, 0) is 43.7 Å². The second kappa shape index (κ2) is 7.06. The van der Waals surface area contributed by atoms with Gasteiger partial charge >= 0.3 is 0 Å². The first-order valence-corrected chi connectivity index (χ1v) is 8.57. The minimum absolute atomic E-state index is 0.0273. The maximum atomic E-state index is 12.3. The fraction of sp³-hybridized carbons (Fsp3) is 0.474. The first-order chi connectivity index (χ1) is 11.6. The first kappa shape index (κ1) is 16.5. The maximum Gasteiger partial charge on any atom is 0.237 e. The van der Waals surface area contributed by atoms with Crippen molar-refractivity contribution in [3.8, 4) is 6.07 Å². The van der Waals surface area contributed by atoms with Crippen molar-refractivity contribution >= 4 is 16.8 Å². The van der Waals surface area contributed by atoms with Gasteiger partial charge in [-0.25, -0.2) is 0 Å². The minimum Gasteiger partial charge on any atom is -0.346 e. The highest BCUT2D eigenvalue weighted by molar-refractivity contribution is 5.83. The van der Waals surface area contributed by atoms with Crippen LogP contribution >= 0.6 is 0 Å². The molecule has 1 aromatic heterocycles. The second-order valence-corrected chi connectivity index (χ2v) is 6.64. The summed E-state index contributed by atoms with van der Waals surface area (Å²) >= 11 is 0. The van der Waals surface area contributed by atoms with Crippen molar-refractivity contribution < 1.29 is 4.79 Å². The molecule has 0 unspecified atom stereocenters. The average Bonchev–Trinajstić information content (AvgIpc) is 3.20. The summed E-state index contributed by atoms with van der Waals surface area (Å²) in [5.74, 6) is 0.0273. The highest BCUT2D eigenvalue weighted by Crippen LogP contribution is 2.20. The van der Waals surface area contributed by atoms with E-state index in [1.165, 1.54) is 16.5 Å². The zero-order chi connectivity index (χ0) is 17.1. The predicted octanol–water partition coefficient (Wildman–Crippen LogP) is 2.44. The van der Waals surface area contributed by atoms with Gasteiger partial charge in [0.2, 0.25) is 5.91 Å². The number of nitrogens with one attached hydrogen (secondary N) is 1. The van der Waals surface area contributed by atoms with E-state index in [1.54, 1.807) is 4.90 Å². The predicted molar refractivity (Wildman–Crippen MR) is 94.5 cm³/mol. The summed E-state index contributed by atoms with van der Waals surface area (Å²) in [5, 5.41) is 13.6. The summed E-state index contributed by atoms with van der Waals surface area (Å²) in [4.78, 5) is 14.0. The summed E-state index contributed by atoms with van der Waals surface area (Å²) in [6, 6.07) is 10.6. The second-order valence-electron chi connectivity index (χ2n) is 6.64. The van der Waals surface area contributed by atoms with E-state index in [-0.39, 0.29) is 24.5 Å². The van der Waals surface area contributed by atoms with Crippen LogP contribution in [0.25, 0.3) is 10.9 Å². The van der Waals surface area contributed by atoms with E-state index < -0.39 is 0 Å². The van der Waals surface area contributed by atoms with Crippen LogP contribution in [0.1, 0.15) is 25.3 Å². The van der Waals surface area contributed by atoms with Crippen LogP contribution in [0.5, 0.6) is 0 Å². The fourth-order valence-corrected chi connectivity index (χ4v) is 3.53. The van der Waals surface area contributed by atoms with E-state index in [2.05, 4.69) is 60.3 Å². The van der Waals surface area contributed by atoms with Gasteiger partial charge in [-0.2, -0.15) is 5.26 Å². The smallest absolute Gasteiger partial charge is 0.237 e. The van der Waals surface area contributed by atoms with Crippen LogP contribution in [-0.4, -0.2) is 40.5 Å². The van der Waals surface area contributed by atoms with Gasteiger partial charge in [0, 0.05) is 25.3 Å². The Morgan fingerprint density at radius 1 is 1.46 bits per heavy atom. The summed E-state index contributed by atoms with van der Waals surface area (Å²) in [7, 11) is 0. The van der Waals surface area contributed by atoms with Crippen LogP contribution in [0.15, 0.2) is 30.5 Å². The lowest BCUT2D eigenvalue weighted by Gasteiger charge is -2.22. The molecule has 1 aliphatic rings. The Hall–Kier alpha value is -2.32. The lowest BCUT2D eigenvalue weighted by atomic mass is 10.1. The fourth-order valence-electron chi connectivity index (χ4n) is 3.53. The molecule has 1 aromatic carbocycles. The zero-order valence-corrected chi connectivity index (χ0v) is 14.3. The van der Waals surface area contributed by atoms with Gasteiger partial charge in [0.1, 0.15) is 6.04 Å². The van der Waals surface area contributed by atoms with Crippen molar-refractivity contribution in [2.45, 2.75) is 45.3 Å². The highest BCUT2D eigenvalue weighted by Gasteiger charge is 2.28. The summed E-state index contributed by atoms with van der Waals surface area (Å²) in [6.45, 7) is 6.01. The van der Waals surface area contributed by atoms with Crippen LogP contribution in [0.2, 0.25) is 0 Å². The SMILES string of the molecule is Cc1cccc2ccn(C[C@H](C)NCC(=O)N3CCC[C@H]3C#N)c12. The maximum absolute atomic E-state index is 12.3. The summed E-state index contributed by atoms with van der Waals surface area (Å²) in [6.07, 6.45) is 3.82. The minimum atomic E-state index is -0.245. The number of amides is 1. The van der Waals surface area contributed by atoms with Gasteiger partial charge in [-0.15, -0.1) is 0 Å². The molecule has 1 N–H and O–H groups in total. The molecule has 1 fully saturated rings. The molecule has 1 saturated heterocycles. The number of para-hydroxylation sites is 1. The van der Waals surface area contributed by atoms with Gasteiger partial charge in [0.25, 0.3) is 0 Å². The number of nitrogens with zero attached hydrogens (tertiary/aromatic N) is 3. The Balaban J connectivity index is 1.58. The molecule has 0 aliphatic carbocycles. The summed E-state index contributed by atoms with van der Waals surface area (Å²) in [5.41, 5.74) is 2.51. The number of aryl methyl sites for hydroxylation is 1. The van der Waals surface area contributed by atoms with Crippen molar-refractivity contribution in [2.75, 3.05) is 13.1 Å². The molecule has 0 bridgehead atoms. The van der Waals surface area contributed by atoms with Crippen molar-refractivity contribution in [3.05, 3.63) is 36.0 Å². The third-order valence-electron chi connectivity index (χ3n) is 4.78. The average molecular weight is 324 g/mol. The number of likely N-dealkylation sites (tertiary alicyclic amines) is 1. The Bertz CT molecular complexity index is 773. The van der Waals surface area contributed by atoms with Gasteiger partial charge < -0.3 is 14.8 Å².